The zero-order valence-corrected chi connectivity index (χ0v) is 10.8. The molecule has 0 saturated heterocycles. The van der Waals surface area contributed by atoms with E-state index < -0.39 is 0 Å². The van der Waals surface area contributed by atoms with E-state index in [-0.39, 0.29) is 11.5 Å². The number of aromatic nitrogens is 1. The quantitative estimate of drug-likeness (QED) is 0.859. The molecule has 4 heteroatoms. The van der Waals surface area contributed by atoms with Gasteiger partial charge in [0, 0.05) is 16.8 Å². The fourth-order valence-electron chi connectivity index (χ4n) is 2.30. The number of aliphatic hydroxyl groups is 1. The number of rotatable bonds is 2. The van der Waals surface area contributed by atoms with Crippen LogP contribution in [0.15, 0.2) is 24.3 Å². The third-order valence-electron chi connectivity index (χ3n) is 3.91. The van der Waals surface area contributed by atoms with Crippen molar-refractivity contribution in [2.45, 2.75) is 32.4 Å². The molecule has 1 aliphatic carbocycles. The van der Waals surface area contributed by atoms with Crippen molar-refractivity contribution in [1.82, 2.24) is 4.37 Å². The third-order valence-corrected chi connectivity index (χ3v) is 4.71. The molecular formula is C13H16N2OS. The van der Waals surface area contributed by atoms with Crippen LogP contribution in [0.1, 0.15) is 20.3 Å². The van der Waals surface area contributed by atoms with Crippen LogP contribution in [0.25, 0.3) is 10.9 Å². The van der Waals surface area contributed by atoms with Crippen molar-refractivity contribution in [2.24, 2.45) is 5.41 Å². The molecule has 1 aromatic heterocycles. The lowest BCUT2D eigenvalue weighted by Gasteiger charge is -2.49. The minimum Gasteiger partial charge on any atom is -0.392 e. The highest BCUT2D eigenvalue weighted by Gasteiger charge is 2.47. The molecule has 0 aliphatic heterocycles. The number of anilines is 1. The van der Waals surface area contributed by atoms with Crippen molar-refractivity contribution in [3.8, 4) is 0 Å². The molecule has 2 unspecified atom stereocenters. The molecule has 0 spiro atoms. The summed E-state index contributed by atoms with van der Waals surface area (Å²) in [4.78, 5) is 0. The maximum atomic E-state index is 9.74. The summed E-state index contributed by atoms with van der Waals surface area (Å²) in [6.45, 7) is 4.20. The zero-order chi connectivity index (χ0) is 12.0. The second-order valence-electron chi connectivity index (χ2n) is 5.30. The predicted octanol–water partition coefficient (Wildman–Crippen LogP) is 2.87. The molecule has 0 amide bonds. The zero-order valence-electron chi connectivity index (χ0n) is 9.97. The molecule has 1 heterocycles. The van der Waals surface area contributed by atoms with E-state index in [1.165, 1.54) is 16.9 Å². The second-order valence-corrected chi connectivity index (χ2v) is 6.07. The van der Waals surface area contributed by atoms with Gasteiger partial charge < -0.3 is 10.4 Å². The van der Waals surface area contributed by atoms with Crippen molar-refractivity contribution in [3.63, 3.8) is 0 Å². The van der Waals surface area contributed by atoms with E-state index in [9.17, 15) is 5.11 Å². The lowest BCUT2D eigenvalue weighted by atomic mass is 9.64. The third kappa shape index (κ3) is 1.63. The lowest BCUT2D eigenvalue weighted by Crippen LogP contribution is -2.56. The largest absolute Gasteiger partial charge is 0.392 e. The van der Waals surface area contributed by atoms with Crippen molar-refractivity contribution < 1.29 is 5.11 Å². The number of hydrogen-bond donors (Lipinski definition) is 2. The standard InChI is InChI=1S/C13H16N2OS/c1-13(2)10(7-11(13)16)14-12-8-5-3-4-6-9(8)15-17-12/h3-6,10-11,14,16H,7H2,1-2H3. The van der Waals surface area contributed by atoms with Gasteiger partial charge in [0.05, 0.1) is 11.6 Å². The normalized spacial score (nSPS) is 26.8. The Morgan fingerprint density at radius 2 is 2.18 bits per heavy atom. The van der Waals surface area contributed by atoms with Gasteiger partial charge in [0.15, 0.2) is 0 Å². The molecule has 1 aromatic carbocycles. The van der Waals surface area contributed by atoms with Gasteiger partial charge in [-0.15, -0.1) is 0 Å². The average Bonchev–Trinajstić information content (AvgIpc) is 2.72. The van der Waals surface area contributed by atoms with E-state index >= 15 is 0 Å². The lowest BCUT2D eigenvalue weighted by molar-refractivity contribution is -0.0509. The van der Waals surface area contributed by atoms with Gasteiger partial charge in [-0.1, -0.05) is 26.0 Å². The minimum atomic E-state index is -0.195. The molecule has 3 rings (SSSR count). The number of fused-ring (bicyclic) bond motifs is 1. The Bertz CT molecular complexity index is 549. The van der Waals surface area contributed by atoms with Crippen LogP contribution in [0.2, 0.25) is 0 Å². The van der Waals surface area contributed by atoms with Gasteiger partial charge in [0.25, 0.3) is 0 Å². The van der Waals surface area contributed by atoms with Gasteiger partial charge >= 0.3 is 0 Å². The highest BCUT2D eigenvalue weighted by atomic mass is 32.1. The number of benzene rings is 1. The monoisotopic (exact) mass is 248 g/mol. The van der Waals surface area contributed by atoms with E-state index in [0.717, 1.165) is 16.9 Å². The average molecular weight is 248 g/mol. The first kappa shape index (κ1) is 11.0. The van der Waals surface area contributed by atoms with E-state index in [1.807, 2.05) is 18.2 Å². The number of nitrogens with zero attached hydrogens (tertiary/aromatic N) is 1. The summed E-state index contributed by atoms with van der Waals surface area (Å²) in [5.41, 5.74) is 0.989. The van der Waals surface area contributed by atoms with Gasteiger partial charge in [-0.3, -0.25) is 0 Å². The number of aliphatic hydroxyl groups excluding tert-OH is 1. The SMILES string of the molecule is CC1(C)C(O)CC1Nc1snc2ccccc12. The van der Waals surface area contributed by atoms with Crippen molar-refractivity contribution in [3.05, 3.63) is 24.3 Å². The van der Waals surface area contributed by atoms with Crippen LogP contribution in [0.5, 0.6) is 0 Å². The highest BCUT2D eigenvalue weighted by molar-refractivity contribution is 7.11. The molecule has 3 nitrogen and oxygen atoms in total. The number of hydrogen-bond acceptors (Lipinski definition) is 4. The van der Waals surface area contributed by atoms with Gasteiger partial charge in [-0.25, -0.2) is 0 Å². The smallest absolute Gasteiger partial charge is 0.117 e. The molecular weight excluding hydrogens is 232 g/mol. The van der Waals surface area contributed by atoms with E-state index in [0.29, 0.717) is 6.04 Å². The van der Waals surface area contributed by atoms with Gasteiger partial charge in [0.2, 0.25) is 0 Å². The van der Waals surface area contributed by atoms with Crippen LogP contribution < -0.4 is 5.32 Å². The molecule has 2 aromatic rings. The molecule has 1 aliphatic rings. The van der Waals surface area contributed by atoms with E-state index in [4.69, 9.17) is 0 Å². The summed E-state index contributed by atoms with van der Waals surface area (Å²) in [7, 11) is 0. The summed E-state index contributed by atoms with van der Waals surface area (Å²) in [5.74, 6) is 0. The predicted molar refractivity (Wildman–Crippen MR) is 71.4 cm³/mol. The first-order chi connectivity index (χ1) is 8.09. The van der Waals surface area contributed by atoms with Crippen LogP contribution >= 0.6 is 11.5 Å². The molecule has 2 N–H and O–H groups in total. The topological polar surface area (TPSA) is 45.1 Å². The van der Waals surface area contributed by atoms with E-state index in [2.05, 4.69) is 29.6 Å². The summed E-state index contributed by atoms with van der Waals surface area (Å²) in [5, 5.41) is 15.5. The Kier molecular flexibility index (Phi) is 2.38. The molecule has 0 radical (unpaired) electrons. The summed E-state index contributed by atoms with van der Waals surface area (Å²) in [6, 6.07) is 8.48. The molecule has 1 fully saturated rings. The molecule has 17 heavy (non-hydrogen) atoms. The highest BCUT2D eigenvalue weighted by Crippen LogP contribution is 2.43. The number of nitrogens with one attached hydrogen (secondary N) is 1. The first-order valence-corrected chi connectivity index (χ1v) is 6.65. The molecule has 1 saturated carbocycles. The van der Waals surface area contributed by atoms with Crippen LogP contribution in [0.3, 0.4) is 0 Å². The summed E-state index contributed by atoms with van der Waals surface area (Å²) in [6.07, 6.45) is 0.623. The van der Waals surface area contributed by atoms with Gasteiger partial charge in [-0.05, 0) is 30.1 Å². The van der Waals surface area contributed by atoms with Gasteiger partial charge in [-0.2, -0.15) is 4.37 Å². The van der Waals surface area contributed by atoms with Crippen LogP contribution in [0, 0.1) is 5.41 Å². The Hall–Kier alpha value is -1.13. The Morgan fingerprint density at radius 1 is 1.41 bits per heavy atom. The Morgan fingerprint density at radius 3 is 2.88 bits per heavy atom. The Balaban J connectivity index is 1.87. The minimum absolute atomic E-state index is 0.0505. The first-order valence-electron chi connectivity index (χ1n) is 5.88. The summed E-state index contributed by atoms with van der Waals surface area (Å²) < 4.78 is 4.41. The van der Waals surface area contributed by atoms with Crippen LogP contribution in [0.4, 0.5) is 5.00 Å². The fourth-order valence-corrected chi connectivity index (χ4v) is 3.11. The van der Waals surface area contributed by atoms with Crippen LogP contribution in [-0.2, 0) is 0 Å². The van der Waals surface area contributed by atoms with Crippen molar-refractivity contribution in [2.75, 3.05) is 5.32 Å². The second kappa shape index (κ2) is 3.68. The van der Waals surface area contributed by atoms with Crippen molar-refractivity contribution >= 4 is 27.4 Å². The molecule has 2 atom stereocenters. The summed E-state index contributed by atoms with van der Waals surface area (Å²) >= 11 is 1.50. The molecule has 90 valence electrons. The maximum Gasteiger partial charge on any atom is 0.117 e. The molecule has 0 bridgehead atoms. The Labute approximate surface area is 105 Å². The fraction of sp³-hybridized carbons (Fsp3) is 0.462. The maximum absolute atomic E-state index is 9.74. The van der Waals surface area contributed by atoms with Crippen molar-refractivity contribution in [1.29, 1.82) is 0 Å². The van der Waals surface area contributed by atoms with Gasteiger partial charge in [0.1, 0.15) is 5.00 Å². The van der Waals surface area contributed by atoms with E-state index in [1.54, 1.807) is 0 Å². The van der Waals surface area contributed by atoms with Crippen LogP contribution in [-0.4, -0.2) is 21.6 Å².